The molecule has 154 valence electrons. The van der Waals surface area contributed by atoms with Gasteiger partial charge < -0.3 is 5.32 Å². The molecular weight excluding hydrogens is 398 g/mol. The topological polar surface area (TPSA) is 82.5 Å². The molecule has 7 heteroatoms. The van der Waals surface area contributed by atoms with Crippen LogP contribution in [0.1, 0.15) is 39.0 Å². The molecule has 1 aromatic heterocycles. The number of benzene rings is 2. The standard InChI is InChI=1S/C23H23N3O3S/c1-16-7-8-20(23(27)25-15-17-4-3-11-24-14-17)13-22(16)26(30(28)29)21-10-9-18-5-2-6-19(18)12-21/h3-4,7-14H,2,5-6,15H2,1H3,(H,25,27)(H,28,29). The van der Waals surface area contributed by atoms with Gasteiger partial charge in [0.05, 0.1) is 11.4 Å². The van der Waals surface area contributed by atoms with Crippen molar-refractivity contribution in [2.24, 2.45) is 0 Å². The number of hydrogen-bond acceptors (Lipinski definition) is 3. The SMILES string of the molecule is Cc1ccc(C(=O)NCc2cccnc2)cc1N(c1ccc2c(c1)CCC2)S(=O)O. The Bertz CT molecular complexity index is 1100. The van der Waals surface area contributed by atoms with E-state index in [0.29, 0.717) is 23.5 Å². The van der Waals surface area contributed by atoms with Gasteiger partial charge >= 0.3 is 0 Å². The highest BCUT2D eigenvalue weighted by molar-refractivity contribution is 7.81. The van der Waals surface area contributed by atoms with Gasteiger partial charge in [0.25, 0.3) is 17.2 Å². The van der Waals surface area contributed by atoms with E-state index >= 15 is 0 Å². The molecule has 1 amide bonds. The predicted octanol–water partition coefficient (Wildman–Crippen LogP) is 4.08. The molecule has 1 heterocycles. The fourth-order valence-electron chi connectivity index (χ4n) is 3.75. The van der Waals surface area contributed by atoms with Gasteiger partial charge in [-0.25, -0.2) is 8.51 Å². The second kappa shape index (κ2) is 8.77. The van der Waals surface area contributed by atoms with E-state index in [1.807, 2.05) is 37.3 Å². The molecule has 6 nitrogen and oxygen atoms in total. The Kier molecular flexibility index (Phi) is 5.92. The monoisotopic (exact) mass is 421 g/mol. The van der Waals surface area contributed by atoms with Crippen molar-refractivity contribution in [1.29, 1.82) is 0 Å². The molecule has 0 fully saturated rings. The first kappa shape index (κ1) is 20.3. The van der Waals surface area contributed by atoms with Crippen LogP contribution in [0.5, 0.6) is 0 Å². The fraction of sp³-hybridized carbons (Fsp3) is 0.217. The Morgan fingerprint density at radius 1 is 1.17 bits per heavy atom. The molecule has 0 saturated heterocycles. The lowest BCUT2D eigenvalue weighted by Gasteiger charge is -2.23. The third kappa shape index (κ3) is 4.27. The van der Waals surface area contributed by atoms with E-state index in [2.05, 4.69) is 10.3 Å². The van der Waals surface area contributed by atoms with Crippen LogP contribution in [0.15, 0.2) is 60.9 Å². The summed E-state index contributed by atoms with van der Waals surface area (Å²) < 4.78 is 23.7. The van der Waals surface area contributed by atoms with Crippen LogP contribution in [0.4, 0.5) is 11.4 Å². The molecule has 1 unspecified atom stereocenters. The molecule has 2 N–H and O–H groups in total. The normalized spacial score (nSPS) is 13.5. The average molecular weight is 422 g/mol. The zero-order valence-corrected chi connectivity index (χ0v) is 17.5. The lowest BCUT2D eigenvalue weighted by molar-refractivity contribution is 0.0951. The van der Waals surface area contributed by atoms with Crippen LogP contribution in [-0.4, -0.2) is 19.7 Å². The van der Waals surface area contributed by atoms with Crippen LogP contribution in [-0.2, 0) is 30.7 Å². The summed E-state index contributed by atoms with van der Waals surface area (Å²) in [5, 5.41) is 2.87. The van der Waals surface area contributed by atoms with E-state index in [9.17, 15) is 13.6 Å². The smallest absolute Gasteiger partial charge is 0.266 e. The molecule has 0 spiro atoms. The van der Waals surface area contributed by atoms with Crippen molar-refractivity contribution in [1.82, 2.24) is 10.3 Å². The molecule has 1 aliphatic carbocycles. The van der Waals surface area contributed by atoms with E-state index < -0.39 is 11.3 Å². The number of hydrogen-bond donors (Lipinski definition) is 2. The van der Waals surface area contributed by atoms with Crippen molar-refractivity contribution in [2.75, 3.05) is 4.31 Å². The van der Waals surface area contributed by atoms with E-state index in [1.54, 1.807) is 30.6 Å². The molecule has 2 aromatic carbocycles. The van der Waals surface area contributed by atoms with Crippen LogP contribution in [0.2, 0.25) is 0 Å². The number of carbonyl (C=O) groups is 1. The zero-order chi connectivity index (χ0) is 21.1. The lowest BCUT2D eigenvalue weighted by Crippen LogP contribution is -2.24. The zero-order valence-electron chi connectivity index (χ0n) is 16.7. The van der Waals surface area contributed by atoms with Crippen molar-refractivity contribution in [3.63, 3.8) is 0 Å². The predicted molar refractivity (Wildman–Crippen MR) is 118 cm³/mol. The summed E-state index contributed by atoms with van der Waals surface area (Å²) in [6.45, 7) is 2.22. The van der Waals surface area contributed by atoms with Crippen LogP contribution in [0.3, 0.4) is 0 Å². The molecule has 30 heavy (non-hydrogen) atoms. The molecule has 0 bridgehead atoms. The summed E-state index contributed by atoms with van der Waals surface area (Å²) in [4.78, 5) is 16.7. The Morgan fingerprint density at radius 2 is 2.00 bits per heavy atom. The van der Waals surface area contributed by atoms with Crippen molar-refractivity contribution in [3.05, 3.63) is 88.7 Å². The number of carbonyl (C=O) groups excluding carboxylic acids is 1. The van der Waals surface area contributed by atoms with E-state index in [-0.39, 0.29) is 5.91 Å². The summed E-state index contributed by atoms with van der Waals surface area (Å²) in [5.74, 6) is -0.252. The van der Waals surface area contributed by atoms with Crippen molar-refractivity contribution in [2.45, 2.75) is 32.7 Å². The third-order valence-electron chi connectivity index (χ3n) is 5.34. The van der Waals surface area contributed by atoms with E-state index in [0.717, 1.165) is 30.4 Å². The number of amides is 1. The van der Waals surface area contributed by atoms with Crippen molar-refractivity contribution < 1.29 is 13.6 Å². The lowest BCUT2D eigenvalue weighted by atomic mass is 10.1. The van der Waals surface area contributed by atoms with Gasteiger partial charge in [0, 0.05) is 24.5 Å². The minimum atomic E-state index is -2.27. The van der Waals surface area contributed by atoms with Crippen LogP contribution >= 0.6 is 0 Å². The van der Waals surface area contributed by atoms with Crippen LogP contribution in [0.25, 0.3) is 0 Å². The highest BCUT2D eigenvalue weighted by atomic mass is 32.2. The molecule has 4 rings (SSSR count). The minimum absolute atomic E-state index is 0.252. The molecular formula is C23H23N3O3S. The quantitative estimate of drug-likeness (QED) is 0.588. The average Bonchev–Trinajstić information content (AvgIpc) is 3.22. The number of fused-ring (bicyclic) bond motifs is 1. The fourth-order valence-corrected chi connectivity index (χ4v) is 4.41. The molecule has 3 aromatic rings. The first-order chi connectivity index (χ1) is 14.5. The number of aryl methyl sites for hydroxylation is 3. The van der Waals surface area contributed by atoms with Gasteiger partial charge in [0.1, 0.15) is 0 Å². The summed E-state index contributed by atoms with van der Waals surface area (Å²) in [7, 11) is 0. The van der Waals surface area contributed by atoms with E-state index in [1.165, 1.54) is 15.4 Å². The number of anilines is 2. The molecule has 0 radical (unpaired) electrons. The van der Waals surface area contributed by atoms with Crippen LogP contribution < -0.4 is 9.62 Å². The van der Waals surface area contributed by atoms with Crippen molar-refractivity contribution >= 4 is 28.5 Å². The Hall–Kier alpha value is -3.03. The van der Waals surface area contributed by atoms with Gasteiger partial charge in [0.15, 0.2) is 0 Å². The molecule has 1 atom stereocenters. The Labute approximate surface area is 178 Å². The number of nitrogens with zero attached hydrogens (tertiary/aromatic N) is 2. The maximum Gasteiger partial charge on any atom is 0.266 e. The highest BCUT2D eigenvalue weighted by Gasteiger charge is 2.21. The Morgan fingerprint density at radius 3 is 2.77 bits per heavy atom. The van der Waals surface area contributed by atoms with Gasteiger partial charge in [0.2, 0.25) is 0 Å². The molecule has 0 aliphatic heterocycles. The number of rotatable bonds is 6. The summed E-state index contributed by atoms with van der Waals surface area (Å²) in [5.41, 5.74) is 5.82. The molecule has 0 saturated carbocycles. The number of pyridine rings is 1. The minimum Gasteiger partial charge on any atom is -0.348 e. The first-order valence-electron chi connectivity index (χ1n) is 9.83. The summed E-state index contributed by atoms with van der Waals surface area (Å²) in [6, 6.07) is 14.7. The second-order valence-electron chi connectivity index (χ2n) is 7.38. The summed E-state index contributed by atoms with van der Waals surface area (Å²) >= 11 is -2.27. The van der Waals surface area contributed by atoms with Gasteiger partial charge in [-0.1, -0.05) is 18.2 Å². The Balaban J connectivity index is 1.62. The number of nitrogens with one attached hydrogen (secondary N) is 1. The van der Waals surface area contributed by atoms with Gasteiger partial charge in [-0.3, -0.25) is 14.3 Å². The maximum absolute atomic E-state index is 12.7. The van der Waals surface area contributed by atoms with Crippen molar-refractivity contribution in [3.8, 4) is 0 Å². The maximum atomic E-state index is 12.7. The van der Waals surface area contributed by atoms with Gasteiger partial charge in [-0.15, -0.1) is 0 Å². The van der Waals surface area contributed by atoms with Gasteiger partial charge in [-0.05, 0) is 78.8 Å². The third-order valence-corrected chi connectivity index (χ3v) is 6.06. The van der Waals surface area contributed by atoms with Crippen LogP contribution in [0, 0.1) is 6.92 Å². The van der Waals surface area contributed by atoms with E-state index in [4.69, 9.17) is 0 Å². The van der Waals surface area contributed by atoms with Gasteiger partial charge in [-0.2, -0.15) is 0 Å². The summed E-state index contributed by atoms with van der Waals surface area (Å²) in [6.07, 6.45) is 6.51. The largest absolute Gasteiger partial charge is 0.348 e. The highest BCUT2D eigenvalue weighted by Crippen LogP contribution is 2.34. The number of aromatic nitrogens is 1. The first-order valence-corrected chi connectivity index (χ1v) is 10.9. The molecule has 1 aliphatic rings. The second-order valence-corrected chi connectivity index (χ2v) is 8.20.